The van der Waals surface area contributed by atoms with Crippen LogP contribution in [0.4, 0.5) is 8.78 Å². The predicted octanol–water partition coefficient (Wildman–Crippen LogP) is 4.93. The normalized spacial score (nSPS) is 11.9. The molecular weight excluding hydrogens is 542 g/mol. The van der Waals surface area contributed by atoms with Crippen LogP contribution in [-0.4, -0.2) is 53.0 Å². The Morgan fingerprint density at radius 1 is 1.05 bits per heavy atom. The number of aryl methyl sites for hydroxylation is 1. The molecule has 2 heterocycles. The molecule has 0 aliphatic rings. The van der Waals surface area contributed by atoms with Gasteiger partial charge in [0.15, 0.2) is 11.2 Å². The predicted molar refractivity (Wildman–Crippen MR) is 147 cm³/mol. The van der Waals surface area contributed by atoms with Crippen molar-refractivity contribution in [3.05, 3.63) is 75.7 Å². The molecule has 0 spiro atoms. The first-order valence-electron chi connectivity index (χ1n) is 12.9. The lowest BCUT2D eigenvalue weighted by atomic mass is 10.0. The van der Waals surface area contributed by atoms with Crippen molar-refractivity contribution in [2.45, 2.75) is 45.4 Å². The molecular formula is C28H30F2N4O5S. The quantitative estimate of drug-likeness (QED) is 0.270. The molecule has 0 bridgehead atoms. The Labute approximate surface area is 230 Å². The van der Waals surface area contributed by atoms with Crippen molar-refractivity contribution in [1.82, 2.24) is 18.9 Å². The number of benzene rings is 2. The number of fused-ring (bicyclic) bond motifs is 1. The Balaban J connectivity index is 1.94. The first kappa shape index (κ1) is 29.1. The lowest BCUT2D eigenvalue weighted by Crippen LogP contribution is -2.32. The SMILES string of the molecule is CCCN(CCC)S(=O)(=O)c1ccc(-c2nc3c(-c4ccc(F)cc4F)c(C)[nH]n3c(=O)c2C(=O)OCC)cc1. The molecule has 0 amide bonds. The van der Waals surface area contributed by atoms with Gasteiger partial charge in [-0.25, -0.2) is 31.5 Å². The van der Waals surface area contributed by atoms with Gasteiger partial charge in [-0.15, -0.1) is 0 Å². The van der Waals surface area contributed by atoms with Gasteiger partial charge in [0.2, 0.25) is 10.0 Å². The fraction of sp³-hybridized carbons (Fsp3) is 0.321. The Bertz CT molecular complexity index is 1720. The second kappa shape index (κ2) is 11.7. The summed E-state index contributed by atoms with van der Waals surface area (Å²) < 4.78 is 62.4. The first-order valence-corrected chi connectivity index (χ1v) is 14.4. The highest BCUT2D eigenvalue weighted by Crippen LogP contribution is 2.32. The second-order valence-corrected chi connectivity index (χ2v) is 11.1. The molecule has 0 saturated carbocycles. The van der Waals surface area contributed by atoms with Crippen LogP contribution in [0.3, 0.4) is 0 Å². The van der Waals surface area contributed by atoms with Crippen LogP contribution in [0.2, 0.25) is 0 Å². The number of nitrogens with zero attached hydrogens (tertiary/aromatic N) is 3. The van der Waals surface area contributed by atoms with Gasteiger partial charge in [-0.2, -0.15) is 4.31 Å². The summed E-state index contributed by atoms with van der Waals surface area (Å²) in [6.07, 6.45) is 1.31. The number of hydrogen-bond donors (Lipinski definition) is 1. The van der Waals surface area contributed by atoms with Gasteiger partial charge in [0.05, 0.1) is 17.2 Å². The van der Waals surface area contributed by atoms with Crippen LogP contribution in [0.25, 0.3) is 28.0 Å². The number of aromatic amines is 1. The lowest BCUT2D eigenvalue weighted by molar-refractivity contribution is 0.0524. The summed E-state index contributed by atoms with van der Waals surface area (Å²) in [6.45, 7) is 7.71. The van der Waals surface area contributed by atoms with Gasteiger partial charge in [-0.1, -0.05) is 26.0 Å². The molecule has 1 N–H and O–H groups in total. The van der Waals surface area contributed by atoms with Crippen molar-refractivity contribution in [3.63, 3.8) is 0 Å². The van der Waals surface area contributed by atoms with Gasteiger partial charge in [-0.05, 0) is 51.0 Å². The molecule has 40 heavy (non-hydrogen) atoms. The Hall–Kier alpha value is -3.90. The zero-order valence-electron chi connectivity index (χ0n) is 22.6. The van der Waals surface area contributed by atoms with E-state index in [2.05, 4.69) is 10.1 Å². The number of sulfonamides is 1. The van der Waals surface area contributed by atoms with Gasteiger partial charge in [0, 0.05) is 41.5 Å². The third-order valence-corrected chi connectivity index (χ3v) is 8.27. The number of rotatable bonds is 10. The van der Waals surface area contributed by atoms with E-state index in [9.17, 15) is 26.8 Å². The average Bonchev–Trinajstić information content (AvgIpc) is 3.24. The van der Waals surface area contributed by atoms with E-state index in [0.717, 1.165) is 16.6 Å². The lowest BCUT2D eigenvalue weighted by Gasteiger charge is -2.21. The molecule has 4 rings (SSSR count). The third-order valence-electron chi connectivity index (χ3n) is 6.35. The molecule has 9 nitrogen and oxygen atoms in total. The summed E-state index contributed by atoms with van der Waals surface area (Å²) in [5.74, 6) is -2.53. The number of ether oxygens (including phenoxy) is 1. The van der Waals surface area contributed by atoms with Crippen molar-refractivity contribution in [2.75, 3.05) is 19.7 Å². The van der Waals surface area contributed by atoms with Crippen LogP contribution in [0.1, 0.15) is 49.7 Å². The molecule has 2 aromatic carbocycles. The molecule has 12 heteroatoms. The zero-order valence-corrected chi connectivity index (χ0v) is 23.4. The van der Waals surface area contributed by atoms with E-state index < -0.39 is 33.2 Å². The smallest absolute Gasteiger partial charge is 0.346 e. The maximum atomic E-state index is 14.8. The number of aromatic nitrogens is 3. The third kappa shape index (κ3) is 5.28. The van der Waals surface area contributed by atoms with E-state index in [1.165, 1.54) is 34.6 Å². The van der Waals surface area contributed by atoms with Crippen LogP contribution in [0.5, 0.6) is 0 Å². The number of halogens is 2. The highest BCUT2D eigenvalue weighted by molar-refractivity contribution is 7.89. The van der Waals surface area contributed by atoms with Gasteiger partial charge >= 0.3 is 5.97 Å². The van der Waals surface area contributed by atoms with Crippen molar-refractivity contribution in [2.24, 2.45) is 0 Å². The molecule has 0 fully saturated rings. The van der Waals surface area contributed by atoms with Crippen LogP contribution in [-0.2, 0) is 14.8 Å². The number of hydrogen-bond acceptors (Lipinski definition) is 6. The number of nitrogens with one attached hydrogen (secondary N) is 1. The number of H-pyrrole nitrogens is 1. The minimum atomic E-state index is -3.77. The Kier molecular flexibility index (Phi) is 8.50. The van der Waals surface area contributed by atoms with E-state index >= 15 is 0 Å². The number of carbonyl (C=O) groups excluding carboxylic acids is 1. The standard InChI is InChI=1S/C28H30F2N4O5S/c1-5-14-33(15-6-2)40(37,38)20-11-8-18(9-12-20)25-24(28(36)39-7-3)27(35)34-26(31-25)23(17(4)32-34)21-13-10-19(29)16-22(21)30/h8-13,16,32H,5-7,14-15H2,1-4H3. The molecule has 4 aromatic rings. The maximum absolute atomic E-state index is 14.8. The van der Waals surface area contributed by atoms with Gasteiger partial charge in [0.25, 0.3) is 5.56 Å². The molecule has 212 valence electrons. The molecule has 0 atom stereocenters. The van der Waals surface area contributed by atoms with Crippen LogP contribution in [0, 0.1) is 18.6 Å². The van der Waals surface area contributed by atoms with E-state index in [1.807, 2.05) is 13.8 Å². The molecule has 2 aromatic heterocycles. The minimum Gasteiger partial charge on any atom is -0.462 e. The zero-order chi connectivity index (χ0) is 29.2. The molecule has 0 unspecified atom stereocenters. The van der Waals surface area contributed by atoms with Crippen LogP contribution in [0.15, 0.2) is 52.2 Å². The summed E-state index contributed by atoms with van der Waals surface area (Å²) in [4.78, 5) is 31.1. The topological polar surface area (TPSA) is 114 Å². The van der Waals surface area contributed by atoms with Gasteiger partial charge < -0.3 is 4.74 Å². The fourth-order valence-corrected chi connectivity index (χ4v) is 6.20. The monoisotopic (exact) mass is 572 g/mol. The average molecular weight is 573 g/mol. The molecule has 0 aliphatic heterocycles. The fourth-order valence-electron chi connectivity index (χ4n) is 4.58. The van der Waals surface area contributed by atoms with Gasteiger partial charge in [-0.3, -0.25) is 9.89 Å². The van der Waals surface area contributed by atoms with Crippen molar-refractivity contribution < 1.29 is 26.7 Å². The summed E-state index contributed by atoms with van der Waals surface area (Å²) in [5, 5.41) is 2.81. The largest absolute Gasteiger partial charge is 0.462 e. The Morgan fingerprint density at radius 2 is 1.70 bits per heavy atom. The van der Waals surface area contributed by atoms with Gasteiger partial charge in [0.1, 0.15) is 11.6 Å². The Morgan fingerprint density at radius 3 is 2.27 bits per heavy atom. The highest BCUT2D eigenvalue weighted by Gasteiger charge is 2.28. The van der Waals surface area contributed by atoms with E-state index in [4.69, 9.17) is 4.74 Å². The van der Waals surface area contributed by atoms with Crippen molar-refractivity contribution in [1.29, 1.82) is 0 Å². The number of esters is 1. The first-order chi connectivity index (χ1) is 19.0. The highest BCUT2D eigenvalue weighted by atomic mass is 32.2. The summed E-state index contributed by atoms with van der Waals surface area (Å²) in [7, 11) is -3.77. The minimum absolute atomic E-state index is 0.00190. The maximum Gasteiger partial charge on any atom is 0.346 e. The van der Waals surface area contributed by atoms with E-state index in [0.29, 0.717) is 31.6 Å². The number of carbonyl (C=O) groups is 1. The van der Waals surface area contributed by atoms with Crippen LogP contribution >= 0.6 is 0 Å². The van der Waals surface area contributed by atoms with Crippen molar-refractivity contribution in [3.8, 4) is 22.4 Å². The van der Waals surface area contributed by atoms with E-state index in [-0.39, 0.29) is 45.1 Å². The molecule has 0 radical (unpaired) electrons. The second-order valence-electron chi connectivity index (χ2n) is 9.18. The summed E-state index contributed by atoms with van der Waals surface area (Å²) >= 11 is 0. The van der Waals surface area contributed by atoms with Crippen molar-refractivity contribution >= 4 is 21.6 Å². The summed E-state index contributed by atoms with van der Waals surface area (Å²) in [5.41, 5.74) is -0.365. The molecule has 0 aliphatic carbocycles. The van der Waals surface area contributed by atoms with Crippen LogP contribution < -0.4 is 5.56 Å². The molecule has 0 saturated heterocycles. The summed E-state index contributed by atoms with van der Waals surface area (Å²) in [6, 6.07) is 8.76. The van der Waals surface area contributed by atoms with E-state index in [1.54, 1.807) is 13.8 Å².